The van der Waals surface area contributed by atoms with Crippen LogP contribution in [0.15, 0.2) is 30.9 Å². The van der Waals surface area contributed by atoms with Gasteiger partial charge < -0.3 is 15.7 Å². The predicted molar refractivity (Wildman–Crippen MR) is 139 cm³/mol. The molecule has 0 aromatic carbocycles. The highest BCUT2D eigenvalue weighted by molar-refractivity contribution is 5.91. The minimum absolute atomic E-state index is 0.0705. The van der Waals surface area contributed by atoms with E-state index in [1.807, 2.05) is 17.0 Å². The Morgan fingerprint density at radius 2 is 1.84 bits per heavy atom. The van der Waals surface area contributed by atoms with Gasteiger partial charge in [0.05, 0.1) is 17.6 Å². The SMILES string of the molecule is CC(C)(O)c1ccc(-c2cnn3c(N)c(C4CC4)c(C4C[C@H]5CC[C@@H](C4)N5C(=O)c4ncn[nH]4)nc23)cn1. The third-order valence-corrected chi connectivity index (χ3v) is 8.41. The molecule has 1 unspecified atom stereocenters. The van der Waals surface area contributed by atoms with Crippen molar-refractivity contribution in [3.63, 3.8) is 0 Å². The van der Waals surface area contributed by atoms with E-state index in [1.54, 1.807) is 30.8 Å². The molecule has 3 aliphatic rings. The van der Waals surface area contributed by atoms with Crippen molar-refractivity contribution >= 4 is 17.4 Å². The lowest BCUT2D eigenvalue weighted by Gasteiger charge is -2.39. The van der Waals surface area contributed by atoms with Crippen molar-refractivity contribution in [2.24, 2.45) is 0 Å². The number of nitrogens with two attached hydrogens (primary N) is 1. The summed E-state index contributed by atoms with van der Waals surface area (Å²) in [5.41, 5.74) is 11.0. The van der Waals surface area contributed by atoms with E-state index >= 15 is 0 Å². The topological polar surface area (TPSA) is 151 Å². The summed E-state index contributed by atoms with van der Waals surface area (Å²) in [6.07, 6.45) is 10.8. The summed E-state index contributed by atoms with van der Waals surface area (Å²) in [5, 5.41) is 21.5. The number of aromatic nitrogens is 7. The van der Waals surface area contributed by atoms with E-state index in [4.69, 9.17) is 10.7 Å². The third kappa shape index (κ3) is 3.67. The van der Waals surface area contributed by atoms with Gasteiger partial charge in [0, 0.05) is 40.9 Å². The quantitative estimate of drug-likeness (QED) is 0.368. The summed E-state index contributed by atoms with van der Waals surface area (Å²) in [6.45, 7) is 3.44. The average molecular weight is 514 g/mol. The molecule has 11 heteroatoms. The Bertz CT molecular complexity index is 1500. The zero-order valence-electron chi connectivity index (χ0n) is 21.5. The van der Waals surface area contributed by atoms with Gasteiger partial charge in [0.2, 0.25) is 5.82 Å². The van der Waals surface area contributed by atoms with Gasteiger partial charge in [0.25, 0.3) is 5.91 Å². The van der Waals surface area contributed by atoms with Gasteiger partial charge in [-0.05, 0) is 64.4 Å². The summed E-state index contributed by atoms with van der Waals surface area (Å²) < 4.78 is 1.76. The van der Waals surface area contributed by atoms with E-state index in [9.17, 15) is 9.90 Å². The molecular weight excluding hydrogens is 482 g/mol. The molecule has 4 aromatic heterocycles. The highest BCUT2D eigenvalue weighted by atomic mass is 16.3. The van der Waals surface area contributed by atoms with Gasteiger partial charge >= 0.3 is 0 Å². The molecule has 2 saturated heterocycles. The van der Waals surface area contributed by atoms with Crippen molar-refractivity contribution in [1.29, 1.82) is 0 Å². The first-order chi connectivity index (χ1) is 18.3. The number of hydrogen-bond donors (Lipinski definition) is 3. The largest absolute Gasteiger partial charge is 0.384 e. The van der Waals surface area contributed by atoms with E-state index < -0.39 is 5.60 Å². The van der Waals surface area contributed by atoms with E-state index in [2.05, 4.69) is 25.3 Å². The van der Waals surface area contributed by atoms with Crippen LogP contribution in [-0.4, -0.2) is 62.8 Å². The lowest BCUT2D eigenvalue weighted by molar-refractivity contribution is 0.0557. The van der Waals surface area contributed by atoms with Crippen LogP contribution in [0.25, 0.3) is 16.8 Å². The fourth-order valence-corrected chi connectivity index (χ4v) is 6.43. The molecule has 38 heavy (non-hydrogen) atoms. The van der Waals surface area contributed by atoms with Crippen LogP contribution < -0.4 is 5.73 Å². The Morgan fingerprint density at radius 3 is 2.45 bits per heavy atom. The molecule has 0 spiro atoms. The number of rotatable bonds is 5. The number of fused-ring (bicyclic) bond motifs is 3. The fourth-order valence-electron chi connectivity index (χ4n) is 6.43. The molecule has 2 aliphatic heterocycles. The molecule has 1 aliphatic carbocycles. The first kappa shape index (κ1) is 23.3. The minimum Gasteiger partial charge on any atom is -0.384 e. The van der Waals surface area contributed by atoms with Crippen LogP contribution in [0.2, 0.25) is 0 Å². The Kier molecular flexibility index (Phi) is 5.10. The summed E-state index contributed by atoms with van der Waals surface area (Å²) in [5.74, 6) is 1.52. The summed E-state index contributed by atoms with van der Waals surface area (Å²) in [6, 6.07) is 4.06. The number of anilines is 1. The van der Waals surface area contributed by atoms with Crippen molar-refractivity contribution < 1.29 is 9.90 Å². The van der Waals surface area contributed by atoms with Crippen LogP contribution >= 0.6 is 0 Å². The monoisotopic (exact) mass is 513 g/mol. The van der Waals surface area contributed by atoms with Crippen molar-refractivity contribution in [3.05, 3.63) is 53.6 Å². The standard InChI is InChI=1S/C27H31N9O2/c1-27(2,38)20-8-5-15(11-29-20)19-12-32-36-23(28)21(14-3-4-14)22(33-25(19)36)16-9-17-6-7-18(10-16)35(17)26(37)24-30-13-31-34-24/h5,8,11-14,16-18,38H,3-4,6-7,9-10,28H2,1-2H3,(H,30,31,34)/t16?,17-,18+. The van der Waals surface area contributed by atoms with Gasteiger partial charge in [-0.15, -0.1) is 0 Å². The number of nitrogen functional groups attached to an aromatic ring is 1. The summed E-state index contributed by atoms with van der Waals surface area (Å²) in [7, 11) is 0. The number of H-pyrrole nitrogens is 1. The zero-order chi connectivity index (χ0) is 26.2. The van der Waals surface area contributed by atoms with Crippen LogP contribution in [0, 0.1) is 0 Å². The molecule has 196 valence electrons. The third-order valence-electron chi connectivity index (χ3n) is 8.41. The number of aliphatic hydroxyl groups is 1. The number of nitrogens with zero attached hydrogens (tertiary/aromatic N) is 7. The molecule has 1 amide bonds. The number of carbonyl (C=O) groups excluding carboxylic acids is 1. The van der Waals surface area contributed by atoms with Gasteiger partial charge in [-0.2, -0.15) is 14.7 Å². The van der Waals surface area contributed by atoms with Crippen LogP contribution in [0.4, 0.5) is 5.82 Å². The van der Waals surface area contributed by atoms with Gasteiger partial charge in [-0.1, -0.05) is 6.07 Å². The summed E-state index contributed by atoms with van der Waals surface area (Å²) in [4.78, 5) is 29.0. The number of amides is 1. The number of piperidine rings is 1. The Morgan fingerprint density at radius 1 is 1.08 bits per heavy atom. The van der Waals surface area contributed by atoms with Crippen molar-refractivity contribution in [2.45, 2.75) is 81.9 Å². The van der Waals surface area contributed by atoms with Gasteiger partial charge in [0.15, 0.2) is 5.65 Å². The molecule has 4 aromatic rings. The first-order valence-corrected chi connectivity index (χ1v) is 13.3. The number of aromatic amines is 1. The van der Waals surface area contributed by atoms with E-state index in [1.165, 1.54) is 6.33 Å². The van der Waals surface area contributed by atoms with Crippen molar-refractivity contribution in [1.82, 2.24) is 39.7 Å². The van der Waals surface area contributed by atoms with Gasteiger partial charge in [-0.25, -0.2) is 9.97 Å². The Balaban J connectivity index is 1.27. The lowest BCUT2D eigenvalue weighted by Crippen LogP contribution is -2.46. The smallest absolute Gasteiger partial charge is 0.291 e. The maximum Gasteiger partial charge on any atom is 0.291 e. The molecule has 6 heterocycles. The molecule has 0 radical (unpaired) electrons. The van der Waals surface area contributed by atoms with Gasteiger partial charge in [-0.3, -0.25) is 14.9 Å². The second-order valence-corrected chi connectivity index (χ2v) is 11.5. The highest BCUT2D eigenvalue weighted by Gasteiger charge is 2.46. The molecular formula is C27H31N9O2. The van der Waals surface area contributed by atoms with Gasteiger partial charge in [0.1, 0.15) is 17.7 Å². The molecule has 1 saturated carbocycles. The first-order valence-electron chi connectivity index (χ1n) is 13.3. The van der Waals surface area contributed by atoms with Crippen molar-refractivity contribution in [3.8, 4) is 11.1 Å². The van der Waals surface area contributed by atoms with E-state index in [-0.39, 0.29) is 23.9 Å². The van der Waals surface area contributed by atoms with Crippen molar-refractivity contribution in [2.75, 3.05) is 5.73 Å². The van der Waals surface area contributed by atoms with Crippen LogP contribution in [0.3, 0.4) is 0 Å². The maximum absolute atomic E-state index is 13.2. The zero-order valence-corrected chi connectivity index (χ0v) is 21.5. The molecule has 7 rings (SSSR count). The number of pyridine rings is 1. The lowest BCUT2D eigenvalue weighted by atomic mass is 9.85. The second-order valence-electron chi connectivity index (χ2n) is 11.5. The normalized spacial score (nSPS) is 23.3. The molecule has 3 atom stereocenters. The number of carbonyl (C=O) groups is 1. The number of nitrogens with one attached hydrogen (secondary N) is 1. The number of hydrogen-bond acceptors (Lipinski definition) is 8. The van der Waals surface area contributed by atoms with Crippen LogP contribution in [0.1, 0.15) is 91.8 Å². The Labute approximate surface area is 219 Å². The fraction of sp³-hybridized carbons (Fsp3) is 0.481. The van der Waals surface area contributed by atoms with E-state index in [0.29, 0.717) is 28.9 Å². The minimum atomic E-state index is -1.02. The Hall–Kier alpha value is -3.86. The molecule has 3 fully saturated rings. The molecule has 2 bridgehead atoms. The predicted octanol–water partition coefficient (Wildman–Crippen LogP) is 3.15. The second kappa shape index (κ2) is 8.32. The van der Waals surface area contributed by atoms with Crippen LogP contribution in [0.5, 0.6) is 0 Å². The molecule has 4 N–H and O–H groups in total. The molecule has 11 nitrogen and oxygen atoms in total. The highest BCUT2D eigenvalue weighted by Crippen LogP contribution is 2.50. The van der Waals surface area contributed by atoms with Crippen LogP contribution in [-0.2, 0) is 5.60 Å². The summed E-state index contributed by atoms with van der Waals surface area (Å²) >= 11 is 0. The maximum atomic E-state index is 13.2. The van der Waals surface area contributed by atoms with E-state index in [0.717, 1.165) is 60.9 Å². The average Bonchev–Trinajstić information content (AvgIpc) is 3.29.